The van der Waals surface area contributed by atoms with Crippen molar-refractivity contribution < 1.29 is 12.9 Å². The van der Waals surface area contributed by atoms with Crippen LogP contribution >= 0.6 is 0 Å². The monoisotopic (exact) mass is 294 g/mol. The van der Waals surface area contributed by atoms with Crippen molar-refractivity contribution in [2.24, 2.45) is 0 Å². The van der Waals surface area contributed by atoms with Crippen molar-refractivity contribution in [2.75, 3.05) is 19.3 Å². The minimum Gasteiger partial charge on any atom is -0.339 e. The fourth-order valence-corrected chi connectivity index (χ4v) is 3.04. The van der Waals surface area contributed by atoms with E-state index in [9.17, 15) is 8.42 Å². The van der Waals surface area contributed by atoms with Crippen LogP contribution in [0.2, 0.25) is 0 Å². The first-order chi connectivity index (χ1) is 9.55. The molecule has 0 aromatic carbocycles. The molecule has 106 valence electrons. The Labute approximate surface area is 116 Å². The van der Waals surface area contributed by atoms with E-state index in [0.717, 1.165) is 25.8 Å². The summed E-state index contributed by atoms with van der Waals surface area (Å²) in [5, 5.41) is 7.08. The molecule has 0 aliphatic carbocycles. The minimum atomic E-state index is -3.39. The number of nitrogens with one attached hydrogen (secondary N) is 1. The Balaban J connectivity index is 2.02. The molecule has 3 heterocycles. The van der Waals surface area contributed by atoms with E-state index in [0.29, 0.717) is 5.89 Å². The van der Waals surface area contributed by atoms with Crippen LogP contribution in [0, 0.1) is 0 Å². The summed E-state index contributed by atoms with van der Waals surface area (Å²) in [4.78, 5) is 8.48. The second kappa shape index (κ2) is 4.95. The predicted octanol–water partition coefficient (Wildman–Crippen LogP) is 0.612. The van der Waals surface area contributed by atoms with Gasteiger partial charge in [0.1, 0.15) is 5.69 Å². The number of sulfone groups is 1. The van der Waals surface area contributed by atoms with Gasteiger partial charge in [0.15, 0.2) is 9.84 Å². The lowest BCUT2D eigenvalue weighted by atomic mass is 10.1. The number of aromatic nitrogens is 3. The van der Waals surface area contributed by atoms with Gasteiger partial charge < -0.3 is 9.84 Å². The predicted molar refractivity (Wildman–Crippen MR) is 70.9 cm³/mol. The molecule has 1 aliphatic rings. The molecule has 1 N–H and O–H groups in total. The summed E-state index contributed by atoms with van der Waals surface area (Å²) >= 11 is 0. The van der Waals surface area contributed by atoms with Crippen LogP contribution < -0.4 is 5.32 Å². The van der Waals surface area contributed by atoms with Crippen LogP contribution in [0.4, 0.5) is 0 Å². The van der Waals surface area contributed by atoms with Gasteiger partial charge in [0.25, 0.3) is 0 Å². The summed E-state index contributed by atoms with van der Waals surface area (Å²) < 4.78 is 28.7. The van der Waals surface area contributed by atoms with Crippen LogP contribution in [0.15, 0.2) is 27.7 Å². The molecule has 3 rings (SSSR count). The van der Waals surface area contributed by atoms with E-state index in [1.807, 2.05) is 0 Å². The summed E-state index contributed by atoms with van der Waals surface area (Å²) in [6.45, 7) is 1.71. The van der Waals surface area contributed by atoms with Crippen molar-refractivity contribution in [3.8, 4) is 11.5 Å². The molecule has 0 unspecified atom stereocenters. The van der Waals surface area contributed by atoms with Crippen LogP contribution in [0.5, 0.6) is 0 Å². The van der Waals surface area contributed by atoms with Gasteiger partial charge in [-0.05, 0) is 25.1 Å². The molecule has 0 spiro atoms. The zero-order valence-corrected chi connectivity index (χ0v) is 11.7. The van der Waals surface area contributed by atoms with Crippen molar-refractivity contribution in [1.29, 1.82) is 0 Å². The Bertz CT molecular complexity index is 720. The zero-order chi connectivity index (χ0) is 14.2. The molecule has 8 heteroatoms. The van der Waals surface area contributed by atoms with E-state index in [2.05, 4.69) is 20.4 Å². The highest BCUT2D eigenvalue weighted by Crippen LogP contribution is 2.26. The fourth-order valence-electron chi connectivity index (χ4n) is 2.22. The number of nitrogens with zero attached hydrogens (tertiary/aromatic N) is 3. The largest absolute Gasteiger partial charge is 0.339 e. The van der Waals surface area contributed by atoms with Crippen LogP contribution in [0.3, 0.4) is 0 Å². The van der Waals surface area contributed by atoms with E-state index in [1.54, 1.807) is 6.07 Å². The van der Waals surface area contributed by atoms with E-state index in [1.165, 1.54) is 12.3 Å². The smallest absolute Gasteiger partial charge is 0.231 e. The molecular formula is C12H14N4O3S. The van der Waals surface area contributed by atoms with Crippen molar-refractivity contribution in [3.63, 3.8) is 0 Å². The molecule has 0 amide bonds. The number of hydrogen-bond donors (Lipinski definition) is 1. The number of hydrogen-bond acceptors (Lipinski definition) is 7. The van der Waals surface area contributed by atoms with Crippen molar-refractivity contribution in [2.45, 2.75) is 17.2 Å². The first-order valence-electron chi connectivity index (χ1n) is 6.25. The Kier molecular flexibility index (Phi) is 3.27. The highest BCUT2D eigenvalue weighted by molar-refractivity contribution is 7.90. The molecular weight excluding hydrogens is 280 g/mol. The van der Waals surface area contributed by atoms with E-state index in [-0.39, 0.29) is 22.3 Å². The summed E-state index contributed by atoms with van der Waals surface area (Å²) in [7, 11) is -3.39. The normalized spacial score (nSPS) is 19.4. The van der Waals surface area contributed by atoms with Crippen LogP contribution in [0.25, 0.3) is 11.5 Å². The van der Waals surface area contributed by atoms with Gasteiger partial charge in [-0.15, -0.1) is 0 Å². The van der Waals surface area contributed by atoms with Gasteiger partial charge in [-0.25, -0.2) is 8.42 Å². The maximum atomic E-state index is 11.8. The van der Waals surface area contributed by atoms with Gasteiger partial charge in [-0.3, -0.25) is 4.98 Å². The second-order valence-corrected chi connectivity index (χ2v) is 6.75. The van der Waals surface area contributed by atoms with Crippen LogP contribution in [-0.2, 0) is 9.84 Å². The van der Waals surface area contributed by atoms with Gasteiger partial charge in [0.05, 0.1) is 10.8 Å². The molecule has 1 aliphatic heterocycles. The highest BCUT2D eigenvalue weighted by atomic mass is 32.2. The lowest BCUT2D eigenvalue weighted by molar-refractivity contribution is 0.359. The first kappa shape index (κ1) is 13.2. The maximum Gasteiger partial charge on any atom is 0.231 e. The third-order valence-corrected chi connectivity index (χ3v) is 4.36. The van der Waals surface area contributed by atoms with E-state index in [4.69, 9.17) is 4.52 Å². The third kappa shape index (κ3) is 2.44. The maximum absolute atomic E-state index is 11.8. The zero-order valence-electron chi connectivity index (χ0n) is 10.9. The first-order valence-corrected chi connectivity index (χ1v) is 8.14. The molecule has 1 saturated heterocycles. The van der Waals surface area contributed by atoms with Crippen molar-refractivity contribution in [3.05, 3.63) is 24.2 Å². The van der Waals surface area contributed by atoms with Gasteiger partial charge in [0.2, 0.25) is 11.7 Å². The number of rotatable bonds is 3. The van der Waals surface area contributed by atoms with Gasteiger partial charge in [0, 0.05) is 19.0 Å². The van der Waals surface area contributed by atoms with Crippen LogP contribution in [-0.4, -0.2) is 42.9 Å². The Morgan fingerprint density at radius 3 is 3.00 bits per heavy atom. The molecule has 1 fully saturated rings. The van der Waals surface area contributed by atoms with Crippen molar-refractivity contribution in [1.82, 2.24) is 20.4 Å². The molecule has 1 atom stereocenters. The third-order valence-electron chi connectivity index (χ3n) is 3.23. The average molecular weight is 294 g/mol. The highest BCUT2D eigenvalue weighted by Gasteiger charge is 2.25. The molecule has 2 aromatic rings. The lowest BCUT2D eigenvalue weighted by Gasteiger charge is -2.02. The van der Waals surface area contributed by atoms with Gasteiger partial charge >= 0.3 is 0 Å². The Morgan fingerprint density at radius 2 is 2.30 bits per heavy atom. The second-order valence-electron chi connectivity index (χ2n) is 4.77. The minimum absolute atomic E-state index is 0.108. The molecule has 7 nitrogen and oxygen atoms in total. The molecule has 0 radical (unpaired) electrons. The van der Waals surface area contributed by atoms with Gasteiger partial charge in [-0.1, -0.05) is 5.16 Å². The van der Waals surface area contributed by atoms with Crippen molar-refractivity contribution >= 4 is 9.84 Å². The molecule has 2 aromatic heterocycles. The number of pyridine rings is 1. The topological polar surface area (TPSA) is 98.0 Å². The Morgan fingerprint density at radius 1 is 1.45 bits per heavy atom. The average Bonchev–Trinajstić information content (AvgIpc) is 3.09. The molecule has 0 bridgehead atoms. The standard InChI is InChI=1S/C12H14N4O3S/c1-20(17,18)9-3-2-5-14-10(9)11-15-12(19-16-11)8-4-6-13-7-8/h2-3,5,8,13H,4,6-7H2,1H3/t8-/m0/s1. The summed E-state index contributed by atoms with van der Waals surface area (Å²) in [5.74, 6) is 0.921. The lowest BCUT2D eigenvalue weighted by Crippen LogP contribution is -2.08. The quantitative estimate of drug-likeness (QED) is 0.885. The van der Waals surface area contributed by atoms with Gasteiger partial charge in [-0.2, -0.15) is 4.98 Å². The van der Waals surface area contributed by atoms with E-state index >= 15 is 0 Å². The van der Waals surface area contributed by atoms with Crippen LogP contribution in [0.1, 0.15) is 18.2 Å². The van der Waals surface area contributed by atoms with E-state index < -0.39 is 9.84 Å². The molecule has 0 saturated carbocycles. The summed E-state index contributed by atoms with van der Waals surface area (Å²) in [6.07, 6.45) is 3.58. The fraction of sp³-hybridized carbons (Fsp3) is 0.417. The molecule has 20 heavy (non-hydrogen) atoms. The Hall–Kier alpha value is -1.80. The SMILES string of the molecule is CS(=O)(=O)c1cccnc1-c1noc([C@H]2CCNC2)n1. The summed E-state index contributed by atoms with van der Waals surface area (Å²) in [5.41, 5.74) is 0.232. The summed E-state index contributed by atoms with van der Waals surface area (Å²) in [6, 6.07) is 3.06.